The molecule has 0 radical (unpaired) electrons. The molecule has 19 heteroatoms. The van der Waals surface area contributed by atoms with E-state index in [2.05, 4.69) is 0 Å². The second-order valence-electron chi connectivity index (χ2n) is 7.50. The number of carboxylic acids is 1. The Bertz CT molecular complexity index is 1500. The number of benzene rings is 1. The number of pyridine rings is 1. The van der Waals surface area contributed by atoms with E-state index in [0.29, 0.717) is 25.0 Å². The van der Waals surface area contributed by atoms with Crippen LogP contribution < -0.4 is 14.5 Å². The summed E-state index contributed by atoms with van der Waals surface area (Å²) in [6, 6.07) is 0.352. The second-order valence-corrected chi connectivity index (χ2v) is 11.1. The first kappa shape index (κ1) is 27.7. The van der Waals surface area contributed by atoms with E-state index in [1.807, 2.05) is 0 Å². The van der Waals surface area contributed by atoms with Crippen LogP contribution in [0.1, 0.15) is 29.2 Å². The molecule has 2 aromatic rings. The van der Waals surface area contributed by atoms with Crippen LogP contribution in [0.15, 0.2) is 23.1 Å². The largest absolute Gasteiger partial charge is 0.516 e. The van der Waals surface area contributed by atoms with Gasteiger partial charge in [-0.3, -0.25) is 9.10 Å². The number of nitrogens with zero attached hydrogens (tertiary/aromatic N) is 2. The van der Waals surface area contributed by atoms with Gasteiger partial charge in [0.25, 0.3) is 0 Å². The van der Waals surface area contributed by atoms with E-state index in [1.165, 1.54) is 0 Å². The van der Waals surface area contributed by atoms with Gasteiger partial charge in [-0.1, -0.05) is 0 Å². The lowest BCUT2D eigenvalue weighted by molar-refractivity contribution is -0.0453. The van der Waals surface area contributed by atoms with Crippen molar-refractivity contribution in [1.29, 1.82) is 0 Å². The van der Waals surface area contributed by atoms with Crippen LogP contribution in [0.3, 0.4) is 0 Å². The van der Waals surface area contributed by atoms with Gasteiger partial charge in [0.1, 0.15) is 11.4 Å². The Morgan fingerprint density at radius 1 is 1.08 bits per heavy atom. The minimum atomic E-state index is -6.49. The molecule has 10 nitrogen and oxygen atoms in total. The van der Waals surface area contributed by atoms with E-state index >= 15 is 0 Å². The van der Waals surface area contributed by atoms with Gasteiger partial charge in [0, 0.05) is 30.7 Å². The number of halogens is 7. The summed E-state index contributed by atoms with van der Waals surface area (Å²) in [6.07, 6.45) is 1.73. The quantitative estimate of drug-likeness (QED) is 0.465. The highest BCUT2D eigenvalue weighted by Gasteiger charge is 2.51. The molecule has 0 aliphatic heterocycles. The van der Waals surface area contributed by atoms with Gasteiger partial charge in [0.05, 0.1) is 11.2 Å². The van der Waals surface area contributed by atoms with Crippen LogP contribution in [0.5, 0.6) is 0 Å². The molecule has 0 spiro atoms. The number of alkyl halides is 6. The SMILES string of the molecule is O=C(O)c1cn(C2CC2)c2cc(N(CCNS(=O)(=O)C(F)(F)F)S(=O)(=O)C(F)(F)F)c(F)cc2c1=O. The van der Waals surface area contributed by atoms with Crippen molar-refractivity contribution in [3.8, 4) is 0 Å². The first-order valence-electron chi connectivity index (χ1n) is 9.56. The minimum absolute atomic E-state index is 0.303. The molecule has 0 bridgehead atoms. The fourth-order valence-electron chi connectivity index (χ4n) is 3.22. The Labute approximate surface area is 197 Å². The standard InChI is InChI=1S/C17H14F7N3O7S2/c18-11-5-9-12(26(8-1-2-8)7-10(14(9)28)15(29)30)6-13(11)27(36(33,34)17(22,23)24)4-3-25-35(31,32)16(19,20)21/h5-8,25H,1-4H2,(H,29,30). The predicted octanol–water partition coefficient (Wildman–Crippen LogP) is 2.27. The van der Waals surface area contributed by atoms with Crippen LogP contribution in [-0.2, 0) is 20.0 Å². The molecule has 0 unspecified atom stereocenters. The number of fused-ring (bicyclic) bond motifs is 1. The number of hydrogen-bond donors (Lipinski definition) is 2. The van der Waals surface area contributed by atoms with E-state index in [9.17, 15) is 62.3 Å². The number of rotatable bonds is 8. The summed E-state index contributed by atoms with van der Waals surface area (Å²) in [7, 11) is -12.6. The molecule has 2 N–H and O–H groups in total. The maximum atomic E-state index is 14.9. The van der Waals surface area contributed by atoms with Crippen LogP contribution in [-0.4, -0.2) is 56.6 Å². The molecule has 36 heavy (non-hydrogen) atoms. The molecule has 1 fully saturated rings. The van der Waals surface area contributed by atoms with E-state index in [4.69, 9.17) is 0 Å². The van der Waals surface area contributed by atoms with Crippen LogP contribution in [0.25, 0.3) is 10.9 Å². The average Bonchev–Trinajstić information content (AvgIpc) is 3.55. The second kappa shape index (κ2) is 8.87. The smallest absolute Gasteiger partial charge is 0.477 e. The Morgan fingerprint density at radius 3 is 2.14 bits per heavy atom. The van der Waals surface area contributed by atoms with Crippen molar-refractivity contribution in [2.45, 2.75) is 29.9 Å². The molecule has 3 rings (SSSR count). The molecule has 1 aromatic carbocycles. The van der Waals surface area contributed by atoms with Gasteiger partial charge >= 0.3 is 37.0 Å². The van der Waals surface area contributed by atoms with Gasteiger partial charge in [-0.15, -0.1) is 0 Å². The Kier molecular flexibility index (Phi) is 6.82. The first-order valence-corrected chi connectivity index (χ1v) is 12.5. The van der Waals surface area contributed by atoms with Crippen molar-refractivity contribution >= 4 is 42.6 Å². The van der Waals surface area contributed by atoms with Crippen molar-refractivity contribution in [3.05, 3.63) is 39.9 Å². The summed E-state index contributed by atoms with van der Waals surface area (Å²) in [5, 5.41) is 8.62. The highest BCUT2D eigenvalue weighted by molar-refractivity contribution is 7.93. The lowest BCUT2D eigenvalue weighted by Gasteiger charge is -2.26. The van der Waals surface area contributed by atoms with E-state index in [-0.39, 0.29) is 5.52 Å². The van der Waals surface area contributed by atoms with E-state index < -0.39 is 88.4 Å². The molecule has 1 saturated carbocycles. The molecule has 0 atom stereocenters. The zero-order valence-corrected chi connectivity index (χ0v) is 19.0. The van der Waals surface area contributed by atoms with Crippen LogP contribution in [0.2, 0.25) is 0 Å². The third-order valence-corrected chi connectivity index (χ3v) is 7.77. The normalized spacial score (nSPS) is 15.3. The van der Waals surface area contributed by atoms with Gasteiger partial charge < -0.3 is 9.67 Å². The molecule has 1 aliphatic rings. The number of hydrogen-bond acceptors (Lipinski definition) is 6. The average molecular weight is 569 g/mol. The highest BCUT2D eigenvalue weighted by atomic mass is 32.2. The third kappa shape index (κ3) is 4.99. The molecule has 1 heterocycles. The van der Waals surface area contributed by atoms with Crippen molar-refractivity contribution in [2.24, 2.45) is 0 Å². The third-order valence-electron chi connectivity index (χ3n) is 5.03. The van der Waals surface area contributed by atoms with Gasteiger partial charge in [-0.05, 0) is 25.0 Å². The number of aromatic carboxylic acids is 1. The summed E-state index contributed by atoms with van der Waals surface area (Å²) in [6.45, 7) is -3.16. The van der Waals surface area contributed by atoms with Crippen molar-refractivity contribution in [3.63, 3.8) is 0 Å². The minimum Gasteiger partial charge on any atom is -0.477 e. The van der Waals surface area contributed by atoms with E-state index in [0.717, 1.165) is 15.5 Å². The van der Waals surface area contributed by atoms with Crippen LogP contribution in [0, 0.1) is 5.82 Å². The fourth-order valence-corrected chi connectivity index (χ4v) is 4.72. The fraction of sp³-hybridized carbons (Fsp3) is 0.412. The Morgan fingerprint density at radius 2 is 1.67 bits per heavy atom. The lowest BCUT2D eigenvalue weighted by Crippen LogP contribution is -2.46. The van der Waals surface area contributed by atoms with Crippen LogP contribution >= 0.6 is 0 Å². The monoisotopic (exact) mass is 569 g/mol. The Balaban J connectivity index is 2.19. The van der Waals surface area contributed by atoms with E-state index in [1.54, 1.807) is 0 Å². The van der Waals surface area contributed by atoms with Gasteiger partial charge in [-0.2, -0.15) is 34.8 Å². The van der Waals surface area contributed by atoms with Crippen molar-refractivity contribution < 1.29 is 57.5 Å². The number of carboxylic acid groups (broad SMARTS) is 1. The number of anilines is 1. The summed E-state index contributed by atoms with van der Waals surface area (Å²) < 4.78 is 140. The maximum absolute atomic E-state index is 14.9. The van der Waals surface area contributed by atoms with Gasteiger partial charge in [0.15, 0.2) is 0 Å². The highest BCUT2D eigenvalue weighted by Crippen LogP contribution is 2.39. The maximum Gasteiger partial charge on any atom is 0.516 e. The first-order chi connectivity index (χ1) is 16.3. The molecule has 0 amide bonds. The zero-order chi connectivity index (χ0) is 27.4. The molecule has 1 aliphatic carbocycles. The van der Waals surface area contributed by atoms with Crippen molar-refractivity contribution in [2.75, 3.05) is 17.4 Å². The molecule has 0 saturated heterocycles. The van der Waals surface area contributed by atoms with Gasteiger partial charge in [-0.25, -0.2) is 22.3 Å². The van der Waals surface area contributed by atoms with Gasteiger partial charge in [0.2, 0.25) is 5.43 Å². The number of sulfonamides is 2. The summed E-state index contributed by atoms with van der Waals surface area (Å²) in [5.74, 6) is -3.45. The topological polar surface area (TPSA) is 143 Å². The predicted molar refractivity (Wildman–Crippen MR) is 109 cm³/mol. The number of aromatic nitrogens is 1. The molecular weight excluding hydrogens is 555 g/mol. The number of nitrogens with one attached hydrogen (secondary N) is 1. The Hall–Kier alpha value is -2.93. The molecular formula is C17H14F7N3O7S2. The van der Waals surface area contributed by atoms with Crippen molar-refractivity contribution in [1.82, 2.24) is 9.29 Å². The molecule has 1 aromatic heterocycles. The summed E-state index contributed by atoms with van der Waals surface area (Å²) in [4.78, 5) is 23.9. The van der Waals surface area contributed by atoms with Crippen LogP contribution in [0.4, 0.5) is 36.4 Å². The lowest BCUT2D eigenvalue weighted by atomic mass is 10.1. The number of carbonyl (C=O) groups is 1. The summed E-state index contributed by atoms with van der Waals surface area (Å²) in [5.41, 5.74) is -15.7. The molecule has 200 valence electrons. The zero-order valence-electron chi connectivity index (χ0n) is 17.4. The summed E-state index contributed by atoms with van der Waals surface area (Å²) >= 11 is 0.